The van der Waals surface area contributed by atoms with Crippen molar-refractivity contribution in [2.75, 3.05) is 11.6 Å². The van der Waals surface area contributed by atoms with Gasteiger partial charge < -0.3 is 5.32 Å². The van der Waals surface area contributed by atoms with E-state index in [1.807, 2.05) is 18.6 Å². The molecule has 1 aliphatic rings. The predicted molar refractivity (Wildman–Crippen MR) is 96.1 cm³/mol. The van der Waals surface area contributed by atoms with Gasteiger partial charge >= 0.3 is 0 Å². The molecule has 0 saturated heterocycles. The molecule has 4 nitrogen and oxygen atoms in total. The summed E-state index contributed by atoms with van der Waals surface area (Å²) in [7, 11) is 0. The Bertz CT molecular complexity index is 804. The van der Waals surface area contributed by atoms with Gasteiger partial charge in [0.25, 0.3) is 0 Å². The highest BCUT2D eigenvalue weighted by Crippen LogP contribution is 2.32. The molecular weight excluding hydrogens is 304 g/mol. The average Bonchev–Trinajstić information content (AvgIpc) is 3.24. The second-order valence-corrected chi connectivity index (χ2v) is 6.85. The lowest BCUT2D eigenvalue weighted by Gasteiger charge is -2.14. The summed E-state index contributed by atoms with van der Waals surface area (Å²) < 4.78 is 2.11. The lowest BCUT2D eigenvalue weighted by atomic mass is 10.1. The zero-order valence-corrected chi connectivity index (χ0v) is 14.0. The first-order valence-corrected chi connectivity index (χ1v) is 9.30. The lowest BCUT2D eigenvalue weighted by Crippen LogP contribution is -2.16. The van der Waals surface area contributed by atoms with Gasteiger partial charge in [-0.25, -0.2) is 4.98 Å². The summed E-state index contributed by atoms with van der Waals surface area (Å²) in [6.45, 7) is 0. The molecule has 0 radical (unpaired) electrons. The summed E-state index contributed by atoms with van der Waals surface area (Å²) in [5.74, 6) is 1.09. The molecule has 5 heteroatoms. The van der Waals surface area contributed by atoms with E-state index in [4.69, 9.17) is 4.98 Å². The first kappa shape index (κ1) is 14.6. The second kappa shape index (κ2) is 6.24. The average molecular weight is 324 g/mol. The highest BCUT2D eigenvalue weighted by atomic mass is 32.2. The molecule has 3 aromatic rings. The SMILES string of the molecule is CSc1ccc(-c2nc3cnccn3c2NC2CCCC2)cc1. The normalized spacial score (nSPS) is 15.3. The van der Waals surface area contributed by atoms with Crippen LogP contribution in [0.25, 0.3) is 16.9 Å². The van der Waals surface area contributed by atoms with Crippen molar-refractivity contribution in [1.82, 2.24) is 14.4 Å². The molecule has 0 spiro atoms. The first-order valence-electron chi connectivity index (χ1n) is 8.08. The Morgan fingerprint density at radius 3 is 2.70 bits per heavy atom. The molecule has 1 N–H and O–H groups in total. The topological polar surface area (TPSA) is 42.2 Å². The standard InChI is InChI=1S/C18H20N4S/c1-23-15-8-6-13(7-9-15)17-18(20-14-4-2-3-5-14)22-11-10-19-12-16(22)21-17/h6-12,14,20H,2-5H2,1H3. The molecule has 1 aromatic carbocycles. The van der Waals surface area contributed by atoms with Crippen LogP contribution in [-0.4, -0.2) is 26.7 Å². The molecule has 0 unspecified atom stereocenters. The third kappa shape index (κ3) is 2.81. The summed E-state index contributed by atoms with van der Waals surface area (Å²) in [5, 5.41) is 3.73. The van der Waals surface area contributed by atoms with Gasteiger partial charge in [0, 0.05) is 28.9 Å². The molecule has 118 valence electrons. The quantitative estimate of drug-likeness (QED) is 0.719. The van der Waals surface area contributed by atoms with E-state index in [1.165, 1.54) is 30.6 Å². The summed E-state index contributed by atoms with van der Waals surface area (Å²) in [5.41, 5.74) is 3.04. The molecule has 23 heavy (non-hydrogen) atoms. The fourth-order valence-corrected chi connectivity index (χ4v) is 3.67. The molecule has 1 saturated carbocycles. The van der Waals surface area contributed by atoms with Crippen LogP contribution in [-0.2, 0) is 0 Å². The number of nitrogens with zero attached hydrogens (tertiary/aromatic N) is 3. The van der Waals surface area contributed by atoms with Crippen LogP contribution in [0.1, 0.15) is 25.7 Å². The van der Waals surface area contributed by atoms with Crippen LogP contribution >= 0.6 is 11.8 Å². The Kier molecular flexibility index (Phi) is 3.95. The molecule has 0 bridgehead atoms. The van der Waals surface area contributed by atoms with Crippen LogP contribution in [0.3, 0.4) is 0 Å². The van der Waals surface area contributed by atoms with Crippen molar-refractivity contribution in [2.45, 2.75) is 36.6 Å². The molecule has 1 aliphatic carbocycles. The maximum Gasteiger partial charge on any atom is 0.157 e. The van der Waals surface area contributed by atoms with Gasteiger partial charge in [-0.3, -0.25) is 9.38 Å². The number of aromatic nitrogens is 3. The van der Waals surface area contributed by atoms with Crippen molar-refractivity contribution in [3.05, 3.63) is 42.9 Å². The highest BCUT2D eigenvalue weighted by molar-refractivity contribution is 7.98. The maximum absolute atomic E-state index is 4.81. The van der Waals surface area contributed by atoms with E-state index in [2.05, 4.69) is 45.2 Å². The minimum absolute atomic E-state index is 0.548. The van der Waals surface area contributed by atoms with Gasteiger partial charge in [0.15, 0.2) is 5.65 Å². The molecule has 1 fully saturated rings. The Balaban J connectivity index is 1.79. The largest absolute Gasteiger partial charge is 0.367 e. The Labute approximate surface area is 140 Å². The number of rotatable bonds is 4. The van der Waals surface area contributed by atoms with Crippen LogP contribution in [0.15, 0.2) is 47.8 Å². The molecule has 4 rings (SSSR count). The van der Waals surface area contributed by atoms with E-state index in [1.54, 1.807) is 11.8 Å². The smallest absolute Gasteiger partial charge is 0.157 e. The minimum atomic E-state index is 0.548. The summed E-state index contributed by atoms with van der Waals surface area (Å²) >= 11 is 1.76. The zero-order valence-electron chi connectivity index (χ0n) is 13.2. The Morgan fingerprint density at radius 1 is 1.17 bits per heavy atom. The Morgan fingerprint density at radius 2 is 1.96 bits per heavy atom. The fraction of sp³-hybridized carbons (Fsp3) is 0.333. The van der Waals surface area contributed by atoms with Crippen molar-refractivity contribution in [3.63, 3.8) is 0 Å². The number of hydrogen-bond donors (Lipinski definition) is 1. The summed E-state index contributed by atoms with van der Waals surface area (Å²) in [6.07, 6.45) is 12.8. The molecule has 2 heterocycles. The Hall–Kier alpha value is -2.01. The van der Waals surface area contributed by atoms with Crippen molar-refractivity contribution < 1.29 is 0 Å². The molecule has 0 amide bonds. The van der Waals surface area contributed by atoms with Gasteiger partial charge in [0.05, 0.1) is 6.20 Å². The monoisotopic (exact) mass is 324 g/mol. The van der Waals surface area contributed by atoms with Gasteiger partial charge in [-0.15, -0.1) is 11.8 Å². The van der Waals surface area contributed by atoms with Crippen molar-refractivity contribution in [1.29, 1.82) is 0 Å². The molecule has 0 atom stereocenters. The highest BCUT2D eigenvalue weighted by Gasteiger charge is 2.20. The van der Waals surface area contributed by atoms with Gasteiger partial charge in [-0.1, -0.05) is 25.0 Å². The van der Waals surface area contributed by atoms with E-state index in [0.717, 1.165) is 22.7 Å². The third-order valence-electron chi connectivity index (χ3n) is 4.49. The number of fused-ring (bicyclic) bond motifs is 1. The number of benzene rings is 1. The van der Waals surface area contributed by atoms with Gasteiger partial charge in [-0.2, -0.15) is 0 Å². The van der Waals surface area contributed by atoms with Crippen molar-refractivity contribution >= 4 is 23.2 Å². The second-order valence-electron chi connectivity index (χ2n) is 5.97. The number of hydrogen-bond acceptors (Lipinski definition) is 4. The first-order chi connectivity index (χ1) is 11.3. The van der Waals surface area contributed by atoms with Crippen LogP contribution in [0.4, 0.5) is 5.82 Å². The maximum atomic E-state index is 4.81. The van der Waals surface area contributed by atoms with Crippen LogP contribution < -0.4 is 5.32 Å². The minimum Gasteiger partial charge on any atom is -0.367 e. The molecule has 0 aliphatic heterocycles. The van der Waals surface area contributed by atoms with E-state index < -0.39 is 0 Å². The third-order valence-corrected chi connectivity index (χ3v) is 5.23. The van der Waals surface area contributed by atoms with Crippen LogP contribution in [0.5, 0.6) is 0 Å². The van der Waals surface area contributed by atoms with E-state index in [9.17, 15) is 0 Å². The van der Waals surface area contributed by atoms with Crippen LogP contribution in [0.2, 0.25) is 0 Å². The molecular formula is C18H20N4S. The van der Waals surface area contributed by atoms with Crippen LogP contribution in [0, 0.1) is 0 Å². The summed E-state index contributed by atoms with van der Waals surface area (Å²) in [4.78, 5) is 10.3. The zero-order chi connectivity index (χ0) is 15.6. The predicted octanol–water partition coefficient (Wildman–Crippen LogP) is 4.47. The fourth-order valence-electron chi connectivity index (χ4n) is 3.26. The van der Waals surface area contributed by atoms with Crippen molar-refractivity contribution in [3.8, 4) is 11.3 Å². The van der Waals surface area contributed by atoms with Gasteiger partial charge in [0.1, 0.15) is 11.5 Å². The van der Waals surface area contributed by atoms with Gasteiger partial charge in [-0.05, 0) is 31.2 Å². The number of anilines is 1. The summed E-state index contributed by atoms with van der Waals surface area (Å²) in [6, 6.07) is 9.16. The lowest BCUT2D eigenvalue weighted by molar-refractivity contribution is 0.749. The number of thioether (sulfide) groups is 1. The number of imidazole rings is 1. The van der Waals surface area contributed by atoms with E-state index >= 15 is 0 Å². The van der Waals surface area contributed by atoms with Crippen molar-refractivity contribution in [2.24, 2.45) is 0 Å². The van der Waals surface area contributed by atoms with Gasteiger partial charge in [0.2, 0.25) is 0 Å². The van der Waals surface area contributed by atoms with E-state index in [0.29, 0.717) is 6.04 Å². The van der Waals surface area contributed by atoms with E-state index in [-0.39, 0.29) is 0 Å². The number of nitrogens with one attached hydrogen (secondary N) is 1. The molecule has 2 aromatic heterocycles.